The average molecular weight is 585 g/mol. The zero-order chi connectivity index (χ0) is 23.3. The predicted octanol–water partition coefficient (Wildman–Crippen LogP) is 6.97. The smallest absolute Gasteiger partial charge is 0.326 e. The van der Waals surface area contributed by atoms with Crippen LogP contribution in [0.5, 0.6) is 0 Å². The number of oxime groups is 1. The largest absolute Gasteiger partial charge is 0.367 e. The van der Waals surface area contributed by atoms with Gasteiger partial charge in [0.25, 0.3) is 0 Å². The van der Waals surface area contributed by atoms with Crippen LogP contribution >= 0.6 is 45.8 Å². The van der Waals surface area contributed by atoms with Crippen LogP contribution in [0.2, 0.25) is 10.0 Å². The van der Waals surface area contributed by atoms with Gasteiger partial charge in [0.2, 0.25) is 5.91 Å². The first kappa shape index (κ1) is 23.5. The third kappa shape index (κ3) is 3.64. The highest BCUT2D eigenvalue weighted by atomic mass is 127. The zero-order valence-corrected chi connectivity index (χ0v) is 21.6. The summed E-state index contributed by atoms with van der Waals surface area (Å²) in [5.74, 6) is -0.676. The number of carbonyl (C=O) groups is 2. The number of hydrogen-bond donors (Lipinski definition) is 1. The number of anilines is 1. The van der Waals surface area contributed by atoms with Gasteiger partial charge in [0, 0.05) is 26.1 Å². The maximum atomic E-state index is 13.5. The number of amides is 1. The quantitative estimate of drug-likeness (QED) is 0.240. The van der Waals surface area contributed by atoms with Gasteiger partial charge >= 0.3 is 5.97 Å². The number of halogens is 3. The normalized spacial score (nSPS) is 26.9. The maximum absolute atomic E-state index is 13.5. The summed E-state index contributed by atoms with van der Waals surface area (Å²) in [6.07, 6.45) is 1.98. The number of nitrogens with zero attached hydrogens (tertiary/aromatic N) is 1. The van der Waals surface area contributed by atoms with Gasteiger partial charge in [-0.1, -0.05) is 49.1 Å². The molecule has 0 aliphatic heterocycles. The Balaban J connectivity index is 1.59. The van der Waals surface area contributed by atoms with E-state index in [1.165, 1.54) is 12.1 Å². The standard InChI is InChI=1S/C24H23Cl2IN2O3/c1-22(2)23(3)10-11-24(22,21(31)28-16-7-5-15(27)6-8-16)13-19(23)29-32-20(30)17-9-4-14(25)12-18(17)26/h4-9,12H,10-11,13H2,1-3H3,(H,28,31). The molecule has 2 aromatic carbocycles. The van der Waals surface area contributed by atoms with Gasteiger partial charge in [0.1, 0.15) is 0 Å². The third-order valence-corrected chi connectivity index (χ3v) is 8.93. The lowest BCUT2D eigenvalue weighted by molar-refractivity contribution is -0.130. The van der Waals surface area contributed by atoms with E-state index in [0.717, 1.165) is 27.8 Å². The molecule has 1 N–H and O–H groups in total. The lowest BCUT2D eigenvalue weighted by atomic mass is 9.64. The van der Waals surface area contributed by atoms with Crippen molar-refractivity contribution in [1.82, 2.24) is 0 Å². The highest BCUT2D eigenvalue weighted by Crippen LogP contribution is 2.71. The van der Waals surface area contributed by atoms with Crippen LogP contribution in [0.4, 0.5) is 5.69 Å². The van der Waals surface area contributed by atoms with Crippen molar-refractivity contribution in [3.05, 3.63) is 61.6 Å². The molecule has 0 spiro atoms. The first-order chi connectivity index (χ1) is 15.0. The van der Waals surface area contributed by atoms with Crippen LogP contribution in [0.3, 0.4) is 0 Å². The van der Waals surface area contributed by atoms with Crippen molar-refractivity contribution in [3.63, 3.8) is 0 Å². The molecule has 2 aromatic rings. The Kier molecular flexibility index (Phi) is 6.09. The Hall–Kier alpha value is -1.64. The van der Waals surface area contributed by atoms with Crippen molar-refractivity contribution < 1.29 is 14.4 Å². The molecule has 32 heavy (non-hydrogen) atoms. The van der Waals surface area contributed by atoms with Crippen LogP contribution in [-0.2, 0) is 9.63 Å². The number of carbonyl (C=O) groups excluding carboxylic acids is 2. The van der Waals surface area contributed by atoms with E-state index in [1.54, 1.807) is 6.07 Å². The zero-order valence-electron chi connectivity index (χ0n) is 18.0. The summed E-state index contributed by atoms with van der Waals surface area (Å²) < 4.78 is 1.10. The van der Waals surface area contributed by atoms with Crippen molar-refractivity contribution in [2.24, 2.45) is 21.4 Å². The number of rotatable bonds is 4. The maximum Gasteiger partial charge on any atom is 0.367 e. The molecule has 2 aliphatic carbocycles. The average Bonchev–Trinajstić information content (AvgIpc) is 3.04. The molecule has 2 saturated carbocycles. The van der Waals surface area contributed by atoms with E-state index in [9.17, 15) is 9.59 Å². The SMILES string of the molecule is CC12CCC(C(=O)Nc3ccc(I)cc3)(CC1=NOC(=O)c1ccc(Cl)cc1Cl)C2(C)C. The number of hydrogen-bond acceptors (Lipinski definition) is 4. The molecule has 1 amide bonds. The van der Waals surface area contributed by atoms with Gasteiger partial charge in [-0.2, -0.15) is 0 Å². The number of nitrogens with one attached hydrogen (secondary N) is 1. The van der Waals surface area contributed by atoms with E-state index in [0.29, 0.717) is 11.4 Å². The van der Waals surface area contributed by atoms with Gasteiger partial charge in [0.15, 0.2) is 0 Å². The van der Waals surface area contributed by atoms with E-state index in [2.05, 4.69) is 53.8 Å². The molecule has 0 radical (unpaired) electrons. The molecule has 2 unspecified atom stereocenters. The van der Waals surface area contributed by atoms with E-state index >= 15 is 0 Å². The highest BCUT2D eigenvalue weighted by Gasteiger charge is 2.71. The third-order valence-electron chi connectivity index (χ3n) is 7.66. The van der Waals surface area contributed by atoms with Crippen LogP contribution in [0.25, 0.3) is 0 Å². The first-order valence-corrected chi connectivity index (χ1v) is 12.1. The molecule has 2 fully saturated rings. The second-order valence-electron chi connectivity index (χ2n) is 9.22. The van der Waals surface area contributed by atoms with E-state index in [1.807, 2.05) is 24.3 Å². The summed E-state index contributed by atoms with van der Waals surface area (Å²) in [5.41, 5.74) is 0.331. The summed E-state index contributed by atoms with van der Waals surface area (Å²) in [4.78, 5) is 31.4. The highest BCUT2D eigenvalue weighted by molar-refractivity contribution is 14.1. The molecule has 2 bridgehead atoms. The van der Waals surface area contributed by atoms with Crippen molar-refractivity contribution in [3.8, 4) is 0 Å². The summed E-state index contributed by atoms with van der Waals surface area (Å²) >= 11 is 14.3. The van der Waals surface area contributed by atoms with Gasteiger partial charge in [-0.25, -0.2) is 4.79 Å². The summed E-state index contributed by atoms with van der Waals surface area (Å²) in [5, 5.41) is 7.98. The van der Waals surface area contributed by atoms with Gasteiger partial charge in [-0.3, -0.25) is 4.79 Å². The number of fused-ring (bicyclic) bond motifs is 2. The van der Waals surface area contributed by atoms with Crippen LogP contribution in [-0.4, -0.2) is 17.6 Å². The lowest BCUT2D eigenvalue weighted by Crippen LogP contribution is -2.43. The Morgan fingerprint density at radius 3 is 2.41 bits per heavy atom. The van der Waals surface area contributed by atoms with Crippen molar-refractivity contribution >= 4 is 69.1 Å². The molecule has 2 atom stereocenters. The second kappa shape index (κ2) is 8.29. The lowest BCUT2D eigenvalue weighted by Gasteiger charge is -2.39. The van der Waals surface area contributed by atoms with Gasteiger partial charge < -0.3 is 10.2 Å². The van der Waals surface area contributed by atoms with Gasteiger partial charge in [-0.05, 0) is 83.3 Å². The minimum atomic E-state index is -0.652. The topological polar surface area (TPSA) is 67.8 Å². The van der Waals surface area contributed by atoms with Crippen LogP contribution in [0, 0.1) is 19.8 Å². The summed E-state index contributed by atoms with van der Waals surface area (Å²) in [6.45, 7) is 6.31. The Morgan fingerprint density at radius 2 is 1.75 bits per heavy atom. The predicted molar refractivity (Wildman–Crippen MR) is 135 cm³/mol. The fourth-order valence-corrected chi connectivity index (χ4v) is 5.95. The molecule has 168 valence electrons. The van der Waals surface area contributed by atoms with E-state index in [-0.39, 0.29) is 27.3 Å². The van der Waals surface area contributed by atoms with Crippen LogP contribution in [0.15, 0.2) is 47.6 Å². The fraction of sp³-hybridized carbons (Fsp3) is 0.375. The van der Waals surface area contributed by atoms with Crippen LogP contribution in [0.1, 0.15) is 50.4 Å². The molecular formula is C24H23Cl2IN2O3. The number of benzene rings is 2. The Bertz CT molecular complexity index is 1130. The fourth-order valence-electron chi connectivity index (χ4n) is 5.11. The van der Waals surface area contributed by atoms with Gasteiger partial charge in [-0.15, -0.1) is 0 Å². The molecule has 0 heterocycles. The second-order valence-corrected chi connectivity index (χ2v) is 11.3. The monoisotopic (exact) mass is 584 g/mol. The molecule has 8 heteroatoms. The Morgan fingerprint density at radius 1 is 1.06 bits per heavy atom. The molecule has 4 rings (SSSR count). The minimum Gasteiger partial charge on any atom is -0.326 e. The van der Waals surface area contributed by atoms with Gasteiger partial charge in [0.05, 0.1) is 21.7 Å². The van der Waals surface area contributed by atoms with Crippen LogP contribution < -0.4 is 5.32 Å². The minimum absolute atomic E-state index is 0.0234. The van der Waals surface area contributed by atoms with Crippen molar-refractivity contribution in [2.75, 3.05) is 5.32 Å². The van der Waals surface area contributed by atoms with Crippen molar-refractivity contribution in [1.29, 1.82) is 0 Å². The summed E-state index contributed by atoms with van der Waals surface area (Å²) in [7, 11) is 0. The molecule has 5 nitrogen and oxygen atoms in total. The molecular weight excluding hydrogens is 562 g/mol. The molecule has 0 aromatic heterocycles. The van der Waals surface area contributed by atoms with E-state index < -0.39 is 11.4 Å². The Labute approximate surface area is 211 Å². The summed E-state index contributed by atoms with van der Waals surface area (Å²) in [6, 6.07) is 12.3. The van der Waals surface area contributed by atoms with E-state index in [4.69, 9.17) is 28.0 Å². The molecule has 2 aliphatic rings. The molecule has 0 saturated heterocycles. The first-order valence-electron chi connectivity index (χ1n) is 10.3. The van der Waals surface area contributed by atoms with Crippen molar-refractivity contribution in [2.45, 2.75) is 40.0 Å².